The molecule has 108 valence electrons. The molecule has 1 aliphatic heterocycles. The third-order valence-electron chi connectivity index (χ3n) is 3.81. The second kappa shape index (κ2) is 6.35. The fourth-order valence-corrected chi connectivity index (χ4v) is 4.26. The summed E-state index contributed by atoms with van der Waals surface area (Å²) >= 11 is 1.89. The highest BCUT2D eigenvalue weighted by Crippen LogP contribution is 2.48. The highest BCUT2D eigenvalue weighted by molar-refractivity contribution is 7.99. The predicted molar refractivity (Wildman–Crippen MR) is 86.8 cm³/mol. The molecule has 1 aliphatic rings. The van der Waals surface area contributed by atoms with E-state index in [1.807, 2.05) is 42.1 Å². The van der Waals surface area contributed by atoms with E-state index in [1.54, 1.807) is 7.11 Å². The minimum Gasteiger partial charge on any atom is -0.497 e. The van der Waals surface area contributed by atoms with Crippen LogP contribution in [0, 0.1) is 0 Å². The molecule has 3 rings (SSSR count). The molecule has 2 nitrogen and oxygen atoms in total. The van der Waals surface area contributed by atoms with E-state index in [2.05, 4.69) is 24.3 Å². The van der Waals surface area contributed by atoms with Crippen LogP contribution in [0.25, 0.3) is 0 Å². The Labute approximate surface area is 129 Å². The van der Waals surface area contributed by atoms with Gasteiger partial charge in [-0.05, 0) is 23.3 Å². The van der Waals surface area contributed by atoms with Gasteiger partial charge in [-0.2, -0.15) is 0 Å². The molecule has 0 radical (unpaired) electrons. The zero-order chi connectivity index (χ0) is 14.7. The quantitative estimate of drug-likeness (QED) is 0.830. The van der Waals surface area contributed by atoms with Crippen molar-refractivity contribution in [1.29, 1.82) is 0 Å². The van der Waals surface area contributed by atoms with Crippen molar-refractivity contribution in [3.05, 3.63) is 65.7 Å². The molecule has 2 unspecified atom stereocenters. The molecule has 3 heteroatoms. The van der Waals surface area contributed by atoms with E-state index in [0.717, 1.165) is 5.75 Å². The molecule has 0 amide bonds. The molecule has 0 aromatic heterocycles. The summed E-state index contributed by atoms with van der Waals surface area (Å²) in [6, 6.07) is 18.4. The molecule has 1 heterocycles. The lowest BCUT2D eigenvalue weighted by Crippen LogP contribution is -2.15. The van der Waals surface area contributed by atoms with Gasteiger partial charge >= 0.3 is 0 Å². The lowest BCUT2D eigenvalue weighted by Gasteiger charge is -2.28. The molecule has 1 saturated heterocycles. The molecule has 0 aliphatic carbocycles. The maximum absolute atomic E-state index is 12.1. The Morgan fingerprint density at radius 3 is 2.05 bits per heavy atom. The normalized spacial score (nSPS) is 22.0. The third-order valence-corrected chi connectivity index (χ3v) is 5.35. The Kier molecular flexibility index (Phi) is 4.30. The minimum atomic E-state index is 0.238. The van der Waals surface area contributed by atoms with Crippen molar-refractivity contribution in [3.63, 3.8) is 0 Å². The number of hydrogen-bond donors (Lipinski definition) is 0. The fourth-order valence-electron chi connectivity index (χ4n) is 2.67. The van der Waals surface area contributed by atoms with Crippen molar-refractivity contribution in [2.75, 3.05) is 7.11 Å². The molecule has 21 heavy (non-hydrogen) atoms. The Morgan fingerprint density at radius 1 is 0.905 bits per heavy atom. The predicted octanol–water partition coefficient (Wildman–Crippen LogP) is 4.57. The monoisotopic (exact) mass is 298 g/mol. The van der Waals surface area contributed by atoms with E-state index in [4.69, 9.17) is 4.74 Å². The van der Waals surface area contributed by atoms with Gasteiger partial charge in [0.1, 0.15) is 11.5 Å². The van der Waals surface area contributed by atoms with E-state index in [-0.39, 0.29) is 10.5 Å². The number of rotatable bonds is 3. The van der Waals surface area contributed by atoms with Crippen molar-refractivity contribution in [3.8, 4) is 5.75 Å². The number of ketones is 1. The SMILES string of the molecule is COc1ccc(C2CC(=O)CC(c3ccccc3)S2)cc1. The van der Waals surface area contributed by atoms with Crippen LogP contribution < -0.4 is 4.74 Å². The van der Waals surface area contributed by atoms with Crippen LogP contribution in [-0.4, -0.2) is 12.9 Å². The zero-order valence-corrected chi connectivity index (χ0v) is 12.8. The highest BCUT2D eigenvalue weighted by atomic mass is 32.2. The molecule has 2 aromatic carbocycles. The van der Waals surface area contributed by atoms with E-state index in [9.17, 15) is 4.79 Å². The molecule has 0 spiro atoms. The maximum Gasteiger partial charge on any atom is 0.135 e. The van der Waals surface area contributed by atoms with Crippen LogP contribution in [0.2, 0.25) is 0 Å². The van der Waals surface area contributed by atoms with Gasteiger partial charge in [0.25, 0.3) is 0 Å². The number of Topliss-reactive ketones (excluding diaryl/α,β-unsaturated/α-hetero) is 1. The van der Waals surface area contributed by atoms with Gasteiger partial charge in [-0.3, -0.25) is 4.79 Å². The van der Waals surface area contributed by atoms with Crippen LogP contribution in [0.15, 0.2) is 54.6 Å². The van der Waals surface area contributed by atoms with Crippen molar-refractivity contribution in [1.82, 2.24) is 0 Å². The minimum absolute atomic E-state index is 0.238. The summed E-state index contributed by atoms with van der Waals surface area (Å²) in [7, 11) is 1.67. The first kappa shape index (κ1) is 14.2. The van der Waals surface area contributed by atoms with Crippen LogP contribution >= 0.6 is 11.8 Å². The molecule has 0 N–H and O–H groups in total. The number of thioether (sulfide) groups is 1. The maximum atomic E-state index is 12.1. The summed E-state index contributed by atoms with van der Waals surface area (Å²) in [5.74, 6) is 1.20. The Balaban J connectivity index is 1.81. The summed E-state index contributed by atoms with van der Waals surface area (Å²) < 4.78 is 5.19. The number of carbonyl (C=O) groups is 1. The largest absolute Gasteiger partial charge is 0.497 e. The van der Waals surface area contributed by atoms with Gasteiger partial charge in [0.05, 0.1) is 7.11 Å². The Hall–Kier alpha value is -1.74. The van der Waals surface area contributed by atoms with E-state index in [0.29, 0.717) is 18.6 Å². The number of benzene rings is 2. The second-order valence-electron chi connectivity index (χ2n) is 5.24. The molecule has 2 atom stereocenters. The van der Waals surface area contributed by atoms with Crippen molar-refractivity contribution in [2.45, 2.75) is 23.3 Å². The number of carbonyl (C=O) groups excluding carboxylic acids is 1. The number of methoxy groups -OCH3 is 1. The highest BCUT2D eigenvalue weighted by Gasteiger charge is 2.29. The first-order valence-electron chi connectivity index (χ1n) is 7.12. The first-order valence-corrected chi connectivity index (χ1v) is 8.06. The molecular formula is C18H18O2S. The van der Waals surface area contributed by atoms with Gasteiger partial charge < -0.3 is 4.74 Å². The summed E-state index contributed by atoms with van der Waals surface area (Å²) in [5, 5.41) is 0.502. The van der Waals surface area contributed by atoms with Crippen molar-refractivity contribution in [2.24, 2.45) is 0 Å². The van der Waals surface area contributed by atoms with Crippen molar-refractivity contribution >= 4 is 17.5 Å². The lowest BCUT2D eigenvalue weighted by molar-refractivity contribution is -0.119. The second-order valence-corrected chi connectivity index (χ2v) is 6.65. The smallest absolute Gasteiger partial charge is 0.135 e. The number of hydrogen-bond acceptors (Lipinski definition) is 3. The first-order chi connectivity index (χ1) is 10.3. The molecule has 0 saturated carbocycles. The van der Waals surface area contributed by atoms with E-state index < -0.39 is 0 Å². The molecule has 0 bridgehead atoms. The van der Waals surface area contributed by atoms with Crippen LogP contribution in [0.3, 0.4) is 0 Å². The van der Waals surface area contributed by atoms with Gasteiger partial charge in [0.15, 0.2) is 0 Å². The van der Waals surface area contributed by atoms with Crippen LogP contribution in [-0.2, 0) is 4.79 Å². The number of ether oxygens (including phenoxy) is 1. The summed E-state index contributed by atoms with van der Waals surface area (Å²) in [6.07, 6.45) is 1.27. The topological polar surface area (TPSA) is 26.3 Å². The summed E-state index contributed by atoms with van der Waals surface area (Å²) in [5.41, 5.74) is 2.45. The van der Waals surface area contributed by atoms with Gasteiger partial charge in [0.2, 0.25) is 0 Å². The van der Waals surface area contributed by atoms with Crippen LogP contribution in [0.1, 0.15) is 34.5 Å². The van der Waals surface area contributed by atoms with Gasteiger partial charge in [-0.15, -0.1) is 11.8 Å². The fraction of sp³-hybridized carbons (Fsp3) is 0.278. The van der Waals surface area contributed by atoms with Crippen molar-refractivity contribution < 1.29 is 9.53 Å². The van der Waals surface area contributed by atoms with Crippen LogP contribution in [0.4, 0.5) is 0 Å². The van der Waals surface area contributed by atoms with E-state index >= 15 is 0 Å². The summed E-state index contributed by atoms with van der Waals surface area (Å²) in [4.78, 5) is 12.1. The average molecular weight is 298 g/mol. The third kappa shape index (κ3) is 3.30. The van der Waals surface area contributed by atoms with Gasteiger partial charge in [-0.25, -0.2) is 0 Å². The van der Waals surface area contributed by atoms with E-state index in [1.165, 1.54) is 11.1 Å². The standard InChI is InChI=1S/C18H18O2S/c1-20-16-9-7-14(8-10-16)18-12-15(19)11-17(21-18)13-5-3-2-4-6-13/h2-10,17-18H,11-12H2,1H3. The molecular weight excluding hydrogens is 280 g/mol. The van der Waals surface area contributed by atoms with Crippen LogP contribution in [0.5, 0.6) is 5.75 Å². The average Bonchev–Trinajstić information content (AvgIpc) is 2.55. The molecule has 2 aromatic rings. The van der Waals surface area contributed by atoms with Gasteiger partial charge in [-0.1, -0.05) is 42.5 Å². The molecule has 1 fully saturated rings. The Morgan fingerprint density at radius 2 is 1.48 bits per heavy atom. The zero-order valence-electron chi connectivity index (χ0n) is 12.0. The Bertz CT molecular complexity index is 607. The summed E-state index contributed by atoms with van der Waals surface area (Å²) in [6.45, 7) is 0. The lowest BCUT2D eigenvalue weighted by atomic mass is 10.0. The van der Waals surface area contributed by atoms with Gasteiger partial charge in [0, 0.05) is 23.3 Å².